The summed E-state index contributed by atoms with van der Waals surface area (Å²) in [6, 6.07) is 0. The molecule has 4 aliphatic carbocycles. The molecule has 8 atom stereocenters. The average molecular weight is 467 g/mol. The van der Waals surface area contributed by atoms with Crippen molar-refractivity contribution in [1.82, 2.24) is 20.6 Å². The Labute approximate surface area is 206 Å². The van der Waals surface area contributed by atoms with Gasteiger partial charge in [0.15, 0.2) is 0 Å². The molecule has 1 spiro atoms. The lowest BCUT2D eigenvalue weighted by Gasteiger charge is -2.52. The Balaban J connectivity index is 0.00000106. The van der Waals surface area contributed by atoms with E-state index in [1.165, 1.54) is 57.1 Å². The molecule has 2 saturated carbocycles. The number of aryl methyl sites for hydroxylation is 1. The van der Waals surface area contributed by atoms with E-state index in [1.807, 2.05) is 19.4 Å². The number of hydrogen-bond donors (Lipinski definition) is 2. The summed E-state index contributed by atoms with van der Waals surface area (Å²) in [6.45, 7) is 13.6. The molecule has 0 aromatic carbocycles. The highest BCUT2D eigenvalue weighted by Gasteiger charge is 2.57. The predicted octanol–water partition coefficient (Wildman–Crippen LogP) is 5.96. The Bertz CT molecular complexity index is 954. The van der Waals surface area contributed by atoms with Crippen LogP contribution in [0.1, 0.15) is 103 Å². The molecule has 0 amide bonds. The van der Waals surface area contributed by atoms with Crippen LogP contribution in [-0.2, 0) is 11.2 Å². The fraction of sp³-hybridized carbons (Fsp3) is 0.828. The van der Waals surface area contributed by atoms with Crippen LogP contribution in [0.5, 0.6) is 0 Å². The molecule has 7 rings (SSSR count). The molecule has 188 valence electrons. The predicted molar refractivity (Wildman–Crippen MR) is 136 cm³/mol. The van der Waals surface area contributed by atoms with Crippen LogP contribution in [0.4, 0.5) is 0 Å². The first-order valence-corrected chi connectivity index (χ1v) is 14.3. The first-order chi connectivity index (χ1) is 16.5. The number of ether oxygens (including phenoxy) is 1. The van der Waals surface area contributed by atoms with E-state index in [4.69, 9.17) is 4.74 Å². The maximum Gasteiger partial charge on any atom is 0.124 e. The molecule has 6 aliphatic rings. The number of hydrogen-bond acceptors (Lipinski definition) is 4. The van der Waals surface area contributed by atoms with E-state index < -0.39 is 0 Å². The molecule has 4 fully saturated rings. The van der Waals surface area contributed by atoms with Crippen molar-refractivity contribution in [3.05, 3.63) is 28.6 Å². The minimum Gasteiger partial charge on any atom is -0.354 e. The van der Waals surface area contributed by atoms with Crippen molar-refractivity contribution < 1.29 is 4.74 Å². The zero-order chi connectivity index (χ0) is 23.7. The topological polar surface area (TPSA) is 53.2 Å². The van der Waals surface area contributed by atoms with E-state index in [0.29, 0.717) is 11.3 Å². The third kappa shape index (κ3) is 3.40. The Morgan fingerprint density at radius 1 is 1.18 bits per heavy atom. The van der Waals surface area contributed by atoms with Crippen LogP contribution in [-0.4, -0.2) is 40.1 Å². The Hall–Kier alpha value is -1.17. The lowest BCUT2D eigenvalue weighted by atomic mass is 9.52. The third-order valence-electron chi connectivity index (χ3n) is 10.9. The quantitative estimate of drug-likeness (QED) is 0.463. The van der Waals surface area contributed by atoms with Gasteiger partial charge in [-0.05, 0) is 105 Å². The number of allylic oxidation sites excluding steroid dienone is 1. The Morgan fingerprint density at radius 3 is 2.88 bits per heavy atom. The van der Waals surface area contributed by atoms with E-state index in [0.717, 1.165) is 43.2 Å². The third-order valence-corrected chi connectivity index (χ3v) is 10.9. The van der Waals surface area contributed by atoms with Gasteiger partial charge in [-0.1, -0.05) is 38.8 Å². The number of H-pyrrole nitrogens is 1. The van der Waals surface area contributed by atoms with Gasteiger partial charge in [0.2, 0.25) is 0 Å². The summed E-state index contributed by atoms with van der Waals surface area (Å²) in [6.07, 6.45) is 13.9. The van der Waals surface area contributed by atoms with Crippen LogP contribution >= 0.6 is 0 Å². The zero-order valence-corrected chi connectivity index (χ0v) is 22.1. The van der Waals surface area contributed by atoms with Crippen molar-refractivity contribution in [3.63, 3.8) is 0 Å². The van der Waals surface area contributed by atoms with Gasteiger partial charge in [0.25, 0.3) is 0 Å². The molecule has 1 aromatic rings. The highest BCUT2D eigenvalue weighted by Crippen LogP contribution is 2.66. The van der Waals surface area contributed by atoms with Gasteiger partial charge < -0.3 is 4.74 Å². The summed E-state index contributed by atoms with van der Waals surface area (Å²) in [5, 5.41) is 10.1. The van der Waals surface area contributed by atoms with Crippen molar-refractivity contribution in [3.8, 4) is 0 Å². The lowest BCUT2D eigenvalue weighted by Crippen LogP contribution is -2.60. The summed E-state index contributed by atoms with van der Waals surface area (Å²) in [5.74, 6) is 3.97. The van der Waals surface area contributed by atoms with E-state index in [-0.39, 0.29) is 11.8 Å². The monoisotopic (exact) mass is 466 g/mol. The Morgan fingerprint density at radius 2 is 2.03 bits per heavy atom. The molecular weight excluding hydrogens is 420 g/mol. The number of nitrogens with zero attached hydrogens (tertiary/aromatic N) is 2. The maximum absolute atomic E-state index is 6.92. The molecule has 2 saturated heterocycles. The van der Waals surface area contributed by atoms with Crippen LogP contribution in [0.3, 0.4) is 0 Å². The fourth-order valence-electron chi connectivity index (χ4n) is 9.33. The van der Waals surface area contributed by atoms with Crippen LogP contribution in [0.25, 0.3) is 0 Å². The molecule has 0 bridgehead atoms. The van der Waals surface area contributed by atoms with Gasteiger partial charge in [-0.25, -0.2) is 10.4 Å². The first-order valence-electron chi connectivity index (χ1n) is 14.3. The summed E-state index contributed by atoms with van der Waals surface area (Å²) in [7, 11) is 0. The molecule has 7 unspecified atom stereocenters. The normalized spacial score (nSPS) is 45.4. The molecular formula is C29H46N4O. The van der Waals surface area contributed by atoms with E-state index in [1.54, 1.807) is 11.1 Å². The van der Waals surface area contributed by atoms with E-state index in [9.17, 15) is 0 Å². The van der Waals surface area contributed by atoms with Crippen LogP contribution < -0.4 is 5.43 Å². The first kappa shape index (κ1) is 23.2. The van der Waals surface area contributed by atoms with Gasteiger partial charge in [-0.15, -0.1) is 0 Å². The summed E-state index contributed by atoms with van der Waals surface area (Å²) in [5.41, 5.74) is 10.7. The molecule has 5 nitrogen and oxygen atoms in total. The highest BCUT2D eigenvalue weighted by molar-refractivity contribution is 5.34. The van der Waals surface area contributed by atoms with Crippen LogP contribution in [0.2, 0.25) is 0 Å². The van der Waals surface area contributed by atoms with Crippen LogP contribution in [0, 0.1) is 29.1 Å². The number of rotatable bonds is 0. The maximum atomic E-state index is 6.92. The van der Waals surface area contributed by atoms with Gasteiger partial charge in [-0.2, -0.15) is 5.10 Å². The largest absolute Gasteiger partial charge is 0.354 e. The fourth-order valence-corrected chi connectivity index (χ4v) is 9.33. The molecule has 2 aliphatic heterocycles. The second kappa shape index (κ2) is 8.45. The average Bonchev–Trinajstić information content (AvgIpc) is 3.52. The summed E-state index contributed by atoms with van der Waals surface area (Å²) in [4.78, 5) is 0. The van der Waals surface area contributed by atoms with E-state index in [2.05, 4.69) is 47.6 Å². The second-order valence-corrected chi connectivity index (χ2v) is 12.6. The molecule has 0 radical (unpaired) electrons. The highest BCUT2D eigenvalue weighted by atomic mass is 16.5. The number of nitrogens with one attached hydrogen (secondary N) is 2. The Kier molecular flexibility index (Phi) is 5.78. The minimum absolute atomic E-state index is 0.0137. The van der Waals surface area contributed by atoms with Gasteiger partial charge >= 0.3 is 0 Å². The van der Waals surface area contributed by atoms with Crippen molar-refractivity contribution in [2.45, 2.75) is 110 Å². The van der Waals surface area contributed by atoms with Crippen molar-refractivity contribution in [2.24, 2.45) is 29.1 Å². The molecule has 3 heterocycles. The van der Waals surface area contributed by atoms with Gasteiger partial charge in [0.1, 0.15) is 6.23 Å². The van der Waals surface area contributed by atoms with Crippen molar-refractivity contribution in [2.75, 3.05) is 13.1 Å². The molecule has 34 heavy (non-hydrogen) atoms. The molecule has 5 heteroatoms. The van der Waals surface area contributed by atoms with Crippen molar-refractivity contribution in [1.29, 1.82) is 0 Å². The second-order valence-electron chi connectivity index (χ2n) is 12.6. The number of aromatic amines is 1. The minimum atomic E-state index is 0.0137. The van der Waals surface area contributed by atoms with Crippen molar-refractivity contribution >= 4 is 0 Å². The zero-order valence-electron chi connectivity index (χ0n) is 22.1. The number of hydrazine groups is 1. The number of fused-ring (bicyclic) bond motifs is 8. The smallest absolute Gasteiger partial charge is 0.124 e. The molecule has 1 aromatic heterocycles. The van der Waals surface area contributed by atoms with Crippen LogP contribution in [0.15, 0.2) is 17.3 Å². The van der Waals surface area contributed by atoms with Gasteiger partial charge in [-0.3, -0.25) is 5.10 Å². The van der Waals surface area contributed by atoms with E-state index >= 15 is 0 Å². The summed E-state index contributed by atoms with van der Waals surface area (Å²) < 4.78 is 6.92. The van der Waals surface area contributed by atoms with Gasteiger partial charge in [0.05, 0.1) is 11.8 Å². The lowest BCUT2D eigenvalue weighted by molar-refractivity contribution is -0.199. The SMILES string of the molecule is CC.CC1=C2CC3C(CCC4c5cn[nH]c5CC[C@@]43C)C2CCC2(CNN3CC(C)CC3O2)C1. The number of aromatic nitrogens is 2. The summed E-state index contributed by atoms with van der Waals surface area (Å²) >= 11 is 0. The molecule has 2 N–H and O–H groups in total. The standard InChI is InChI=1S/C27H40N4O.C2H6/c1-16-10-25-31(14-16)29-15-27(32-25)9-6-18-19-4-5-22-21-13-28-30-24(21)7-8-26(22,3)23(19)11-20(18)17(2)12-27;1-2/h13,16,18-19,22-23,25,29H,4-12,14-15H2,1-3H3,(H,28,30);1-2H3/t16?,18?,19?,22?,23?,25?,26-,27?;/m0./s1. The van der Waals surface area contributed by atoms with Gasteiger partial charge in [0, 0.05) is 18.8 Å².